The number of nitrogens with two attached hydrogens (primary N) is 1. The molecule has 1 rings (SSSR count). The van der Waals surface area contributed by atoms with E-state index in [1.807, 2.05) is 0 Å². The van der Waals surface area contributed by atoms with Gasteiger partial charge in [-0.3, -0.25) is 4.98 Å². The lowest BCUT2D eigenvalue weighted by atomic mass is 9.93. The molecule has 1 atom stereocenters. The summed E-state index contributed by atoms with van der Waals surface area (Å²) >= 11 is 0. The lowest BCUT2D eigenvalue weighted by molar-refractivity contribution is -0.168. The molecule has 1 aromatic rings. The highest BCUT2D eigenvalue weighted by molar-refractivity contribution is 5.25. The molecule has 0 spiro atoms. The first kappa shape index (κ1) is 13.0. The van der Waals surface area contributed by atoms with Crippen molar-refractivity contribution in [3.8, 4) is 0 Å². The number of rotatable bonds is 3. The van der Waals surface area contributed by atoms with Gasteiger partial charge in [0.25, 0.3) is 0 Å². The van der Waals surface area contributed by atoms with E-state index in [1.165, 1.54) is 18.3 Å². The Balaban J connectivity index is 3.19. The topological polar surface area (TPSA) is 59.1 Å². The van der Waals surface area contributed by atoms with E-state index in [1.54, 1.807) is 6.92 Å². The zero-order chi connectivity index (χ0) is 12.6. The highest BCUT2D eigenvalue weighted by Gasteiger charge is 2.47. The summed E-state index contributed by atoms with van der Waals surface area (Å²) in [5.41, 5.74) is 3.54. The lowest BCUT2D eigenvalue weighted by Crippen LogP contribution is -2.40. The molecule has 0 amide bonds. The van der Waals surface area contributed by atoms with Crippen molar-refractivity contribution in [3.05, 3.63) is 29.6 Å². The summed E-state index contributed by atoms with van der Waals surface area (Å²) in [6.07, 6.45) is 1.27. The molecular formula is C11H16F2N2O. The average molecular weight is 230 g/mol. The van der Waals surface area contributed by atoms with E-state index in [0.29, 0.717) is 5.69 Å². The summed E-state index contributed by atoms with van der Waals surface area (Å²) in [4.78, 5) is 3.89. The van der Waals surface area contributed by atoms with Gasteiger partial charge in [0.15, 0.2) is 0 Å². The van der Waals surface area contributed by atoms with Gasteiger partial charge < -0.3 is 10.8 Å². The molecular weight excluding hydrogens is 214 g/mol. The third kappa shape index (κ3) is 2.36. The summed E-state index contributed by atoms with van der Waals surface area (Å²) in [7, 11) is 0. The van der Waals surface area contributed by atoms with Gasteiger partial charge in [0, 0.05) is 17.8 Å². The molecule has 0 saturated carbocycles. The molecule has 0 aliphatic heterocycles. The molecule has 3 N–H and O–H groups in total. The smallest absolute Gasteiger partial charge is 0.300 e. The Labute approximate surface area is 93.3 Å². The van der Waals surface area contributed by atoms with E-state index in [-0.39, 0.29) is 5.56 Å². The first-order chi connectivity index (χ1) is 7.16. The van der Waals surface area contributed by atoms with Crippen molar-refractivity contribution in [3.63, 3.8) is 0 Å². The maximum atomic E-state index is 13.8. The van der Waals surface area contributed by atoms with Crippen LogP contribution in [0.5, 0.6) is 0 Å². The number of aromatic nitrogens is 1. The van der Waals surface area contributed by atoms with Gasteiger partial charge in [0.2, 0.25) is 0 Å². The monoisotopic (exact) mass is 230 g/mol. The second kappa shape index (κ2) is 4.07. The van der Waals surface area contributed by atoms with Crippen molar-refractivity contribution in [2.75, 3.05) is 0 Å². The van der Waals surface area contributed by atoms with E-state index in [4.69, 9.17) is 5.73 Å². The van der Waals surface area contributed by atoms with E-state index in [2.05, 4.69) is 4.98 Å². The van der Waals surface area contributed by atoms with Crippen LogP contribution < -0.4 is 5.73 Å². The Morgan fingerprint density at radius 3 is 2.44 bits per heavy atom. The number of halogens is 2. The number of hydrogen-bond acceptors (Lipinski definition) is 3. The van der Waals surface area contributed by atoms with Crippen LogP contribution in [-0.2, 0) is 5.92 Å². The molecule has 0 aliphatic rings. The number of hydrogen-bond donors (Lipinski definition) is 2. The van der Waals surface area contributed by atoms with Crippen LogP contribution >= 0.6 is 0 Å². The second-order valence-corrected chi connectivity index (χ2v) is 4.39. The van der Waals surface area contributed by atoms with E-state index in [9.17, 15) is 13.9 Å². The van der Waals surface area contributed by atoms with Crippen molar-refractivity contribution >= 4 is 0 Å². The second-order valence-electron chi connectivity index (χ2n) is 4.39. The third-order valence-corrected chi connectivity index (χ3v) is 2.38. The summed E-state index contributed by atoms with van der Waals surface area (Å²) in [6, 6.07) is 1.99. The van der Waals surface area contributed by atoms with Crippen LogP contribution in [0.2, 0.25) is 0 Å². The molecule has 3 nitrogen and oxygen atoms in total. The molecule has 1 heterocycles. The minimum Gasteiger partial charge on any atom is -0.384 e. The van der Waals surface area contributed by atoms with Gasteiger partial charge in [-0.15, -0.1) is 0 Å². The van der Waals surface area contributed by atoms with Gasteiger partial charge in [-0.2, -0.15) is 8.78 Å². The largest absolute Gasteiger partial charge is 0.384 e. The molecule has 0 fully saturated rings. The molecule has 90 valence electrons. The Morgan fingerprint density at radius 2 is 2.00 bits per heavy atom. The van der Waals surface area contributed by atoms with Crippen LogP contribution in [0.25, 0.3) is 0 Å². The Morgan fingerprint density at radius 1 is 1.44 bits per heavy atom. The first-order valence-corrected chi connectivity index (χ1v) is 4.98. The van der Waals surface area contributed by atoms with Crippen LogP contribution in [0.4, 0.5) is 8.78 Å². The molecule has 5 heteroatoms. The fraction of sp³-hybridized carbons (Fsp3) is 0.545. The van der Waals surface area contributed by atoms with Crippen LogP contribution in [-0.4, -0.2) is 15.7 Å². The minimum atomic E-state index is -3.33. The predicted molar refractivity (Wildman–Crippen MR) is 57.0 cm³/mol. The van der Waals surface area contributed by atoms with Gasteiger partial charge in [-0.25, -0.2) is 0 Å². The molecule has 1 aromatic heterocycles. The molecule has 0 saturated heterocycles. The van der Waals surface area contributed by atoms with Crippen LogP contribution in [0.1, 0.15) is 38.1 Å². The molecule has 16 heavy (non-hydrogen) atoms. The van der Waals surface area contributed by atoms with Crippen LogP contribution in [0, 0.1) is 0 Å². The molecule has 1 unspecified atom stereocenters. The SMILES string of the molecule is CC(N)c1cc(C(F)(F)C(C)(C)O)ccn1. The zero-order valence-corrected chi connectivity index (χ0v) is 9.54. The maximum Gasteiger partial charge on any atom is 0.300 e. The van der Waals surface area contributed by atoms with Gasteiger partial charge in [-0.1, -0.05) is 0 Å². The number of alkyl halides is 2. The van der Waals surface area contributed by atoms with Gasteiger partial charge in [-0.05, 0) is 32.9 Å². The normalized spacial score (nSPS) is 14.9. The van der Waals surface area contributed by atoms with Crippen LogP contribution in [0.3, 0.4) is 0 Å². The van der Waals surface area contributed by atoms with Crippen molar-refractivity contribution in [2.24, 2.45) is 5.73 Å². The van der Waals surface area contributed by atoms with Crippen molar-refractivity contribution < 1.29 is 13.9 Å². The number of aliphatic hydroxyl groups is 1. The highest BCUT2D eigenvalue weighted by atomic mass is 19.3. The Bertz CT molecular complexity index is 372. The fourth-order valence-corrected chi connectivity index (χ4v) is 1.25. The summed E-state index contributed by atoms with van der Waals surface area (Å²) in [6.45, 7) is 3.80. The number of pyridine rings is 1. The Hall–Kier alpha value is -1.07. The molecule has 0 aromatic carbocycles. The predicted octanol–water partition coefficient (Wildman–Crippen LogP) is 1.96. The van der Waals surface area contributed by atoms with E-state index < -0.39 is 17.6 Å². The van der Waals surface area contributed by atoms with Crippen molar-refractivity contribution in [1.29, 1.82) is 0 Å². The standard InChI is InChI=1S/C11H16F2N2O/c1-7(14)9-6-8(4-5-15-9)11(12,13)10(2,3)16/h4-7,16H,14H2,1-3H3. The van der Waals surface area contributed by atoms with E-state index in [0.717, 1.165) is 13.8 Å². The van der Waals surface area contributed by atoms with Gasteiger partial charge >= 0.3 is 5.92 Å². The molecule has 0 aliphatic carbocycles. The Kier molecular flexibility index (Phi) is 3.30. The maximum absolute atomic E-state index is 13.8. The van der Waals surface area contributed by atoms with Crippen molar-refractivity contribution in [2.45, 2.75) is 38.3 Å². The van der Waals surface area contributed by atoms with Gasteiger partial charge in [0.1, 0.15) is 5.60 Å². The average Bonchev–Trinajstić information content (AvgIpc) is 2.16. The van der Waals surface area contributed by atoms with Crippen molar-refractivity contribution in [1.82, 2.24) is 4.98 Å². The number of nitrogens with zero attached hydrogens (tertiary/aromatic N) is 1. The van der Waals surface area contributed by atoms with Gasteiger partial charge in [0.05, 0.1) is 5.69 Å². The summed E-state index contributed by atoms with van der Waals surface area (Å²) in [5.74, 6) is -3.33. The highest BCUT2D eigenvalue weighted by Crippen LogP contribution is 2.38. The molecule has 0 bridgehead atoms. The van der Waals surface area contributed by atoms with E-state index >= 15 is 0 Å². The molecule has 0 radical (unpaired) electrons. The zero-order valence-electron chi connectivity index (χ0n) is 9.54. The summed E-state index contributed by atoms with van der Waals surface area (Å²) < 4.78 is 27.6. The fourth-order valence-electron chi connectivity index (χ4n) is 1.25. The quantitative estimate of drug-likeness (QED) is 0.834. The third-order valence-electron chi connectivity index (χ3n) is 2.38. The minimum absolute atomic E-state index is 0.276. The first-order valence-electron chi connectivity index (χ1n) is 4.98. The van der Waals surface area contributed by atoms with Crippen LogP contribution in [0.15, 0.2) is 18.3 Å². The lowest BCUT2D eigenvalue weighted by Gasteiger charge is -2.29. The summed E-state index contributed by atoms with van der Waals surface area (Å²) in [5, 5.41) is 9.43.